The van der Waals surface area contributed by atoms with Crippen LogP contribution in [0.2, 0.25) is 0 Å². The summed E-state index contributed by atoms with van der Waals surface area (Å²) in [5.41, 5.74) is 3.58. The highest BCUT2D eigenvalue weighted by atomic mass is 16.5. The summed E-state index contributed by atoms with van der Waals surface area (Å²) in [5, 5.41) is 5.81. The summed E-state index contributed by atoms with van der Waals surface area (Å²) in [7, 11) is 4.96. The summed E-state index contributed by atoms with van der Waals surface area (Å²) in [4.78, 5) is 14.4. The Hall–Kier alpha value is -2.93. The molecule has 30 heavy (non-hydrogen) atoms. The van der Waals surface area contributed by atoms with Gasteiger partial charge in [0.1, 0.15) is 5.75 Å². The van der Waals surface area contributed by atoms with Crippen LogP contribution in [-0.4, -0.2) is 51.9 Å². The van der Waals surface area contributed by atoms with Crippen molar-refractivity contribution in [3.63, 3.8) is 0 Å². The molecule has 0 saturated carbocycles. The van der Waals surface area contributed by atoms with Crippen molar-refractivity contribution >= 4 is 6.03 Å². The van der Waals surface area contributed by atoms with Gasteiger partial charge in [-0.05, 0) is 54.3 Å². The van der Waals surface area contributed by atoms with E-state index in [1.54, 1.807) is 21.3 Å². The third-order valence-corrected chi connectivity index (χ3v) is 5.45. The highest BCUT2D eigenvalue weighted by molar-refractivity contribution is 5.73. The molecule has 2 N–H and O–H groups in total. The van der Waals surface area contributed by atoms with E-state index in [4.69, 9.17) is 14.2 Å². The molecule has 0 aliphatic carbocycles. The molecule has 7 nitrogen and oxygen atoms in total. The Balaban J connectivity index is 1.88. The molecule has 0 radical (unpaired) electrons. The van der Waals surface area contributed by atoms with Crippen molar-refractivity contribution in [1.29, 1.82) is 0 Å². The van der Waals surface area contributed by atoms with E-state index in [2.05, 4.69) is 33.7 Å². The normalized spacial score (nSPS) is 15.8. The van der Waals surface area contributed by atoms with Crippen LogP contribution in [0.15, 0.2) is 36.4 Å². The number of ether oxygens (including phenoxy) is 3. The molecule has 0 spiro atoms. The minimum absolute atomic E-state index is 0.0262. The van der Waals surface area contributed by atoms with Crippen molar-refractivity contribution in [2.24, 2.45) is 0 Å². The molecule has 3 rings (SSSR count). The van der Waals surface area contributed by atoms with Crippen LogP contribution in [0.5, 0.6) is 17.2 Å². The molecular weight excluding hydrogens is 382 g/mol. The zero-order valence-electron chi connectivity index (χ0n) is 18.2. The standard InChI is InChI=1S/C23H31N3O4/c1-5-24-23(27)25-14-20-19-13-22(30-4)21(29-3)12-17(19)10-11-26(20)15-16-6-8-18(28-2)9-7-16/h6-9,12-13,20H,5,10-11,14-15H2,1-4H3,(H2,24,25,27)/t20-/m0/s1. The summed E-state index contributed by atoms with van der Waals surface area (Å²) in [6, 6.07) is 12.1. The number of carbonyl (C=O) groups excluding carboxylic acids is 1. The van der Waals surface area contributed by atoms with Gasteiger partial charge in [-0.3, -0.25) is 4.90 Å². The lowest BCUT2D eigenvalue weighted by Crippen LogP contribution is -2.44. The van der Waals surface area contributed by atoms with Gasteiger partial charge in [0.25, 0.3) is 0 Å². The average molecular weight is 414 g/mol. The molecule has 0 saturated heterocycles. The van der Waals surface area contributed by atoms with Crippen molar-refractivity contribution in [2.75, 3.05) is 41.0 Å². The smallest absolute Gasteiger partial charge is 0.314 e. The van der Waals surface area contributed by atoms with Gasteiger partial charge < -0.3 is 24.8 Å². The minimum Gasteiger partial charge on any atom is -0.497 e. The first-order chi connectivity index (χ1) is 14.6. The number of fused-ring (bicyclic) bond motifs is 1. The molecule has 1 aliphatic heterocycles. The van der Waals surface area contributed by atoms with E-state index in [0.29, 0.717) is 18.8 Å². The van der Waals surface area contributed by atoms with Gasteiger partial charge in [0, 0.05) is 26.2 Å². The van der Waals surface area contributed by atoms with Gasteiger partial charge in [0.15, 0.2) is 11.5 Å². The number of nitrogens with one attached hydrogen (secondary N) is 2. The van der Waals surface area contributed by atoms with Crippen molar-refractivity contribution < 1.29 is 19.0 Å². The van der Waals surface area contributed by atoms with Gasteiger partial charge in [0.05, 0.1) is 27.4 Å². The van der Waals surface area contributed by atoms with Crippen LogP contribution in [0.3, 0.4) is 0 Å². The fourth-order valence-corrected chi connectivity index (χ4v) is 3.89. The van der Waals surface area contributed by atoms with Gasteiger partial charge in [0.2, 0.25) is 0 Å². The Bertz CT molecular complexity index is 854. The van der Waals surface area contributed by atoms with Crippen LogP contribution in [0.25, 0.3) is 0 Å². The summed E-state index contributed by atoms with van der Waals surface area (Å²) in [5.74, 6) is 2.27. The summed E-state index contributed by atoms with van der Waals surface area (Å²) >= 11 is 0. The summed E-state index contributed by atoms with van der Waals surface area (Å²) < 4.78 is 16.3. The van der Waals surface area contributed by atoms with E-state index in [1.807, 2.05) is 25.1 Å². The minimum atomic E-state index is -0.158. The molecular formula is C23H31N3O4. The number of amides is 2. The Morgan fingerprint density at radius 3 is 2.37 bits per heavy atom. The second kappa shape index (κ2) is 10.2. The number of methoxy groups -OCH3 is 3. The van der Waals surface area contributed by atoms with Crippen LogP contribution in [0.1, 0.15) is 29.7 Å². The predicted molar refractivity (Wildman–Crippen MR) is 116 cm³/mol. The van der Waals surface area contributed by atoms with E-state index in [0.717, 1.165) is 36.6 Å². The molecule has 1 atom stereocenters. The largest absolute Gasteiger partial charge is 0.497 e. The third kappa shape index (κ3) is 4.97. The molecule has 0 unspecified atom stereocenters. The summed E-state index contributed by atoms with van der Waals surface area (Å²) in [6.45, 7) is 4.66. The highest BCUT2D eigenvalue weighted by Crippen LogP contribution is 2.38. The maximum absolute atomic E-state index is 12.1. The molecule has 1 heterocycles. The fraction of sp³-hybridized carbons (Fsp3) is 0.435. The number of benzene rings is 2. The molecule has 0 fully saturated rings. The van der Waals surface area contributed by atoms with Crippen molar-refractivity contribution in [3.05, 3.63) is 53.1 Å². The Morgan fingerprint density at radius 2 is 1.73 bits per heavy atom. The number of rotatable bonds is 8. The van der Waals surface area contributed by atoms with Crippen molar-refractivity contribution in [1.82, 2.24) is 15.5 Å². The van der Waals surface area contributed by atoms with Crippen LogP contribution in [0.4, 0.5) is 4.79 Å². The van der Waals surface area contributed by atoms with Crippen LogP contribution in [-0.2, 0) is 13.0 Å². The van der Waals surface area contributed by atoms with E-state index in [1.165, 1.54) is 11.1 Å². The zero-order valence-corrected chi connectivity index (χ0v) is 18.2. The number of nitrogens with zero attached hydrogens (tertiary/aromatic N) is 1. The molecule has 7 heteroatoms. The molecule has 2 aromatic rings. The van der Waals surface area contributed by atoms with E-state index in [-0.39, 0.29) is 12.1 Å². The van der Waals surface area contributed by atoms with Crippen LogP contribution < -0.4 is 24.8 Å². The number of hydrogen-bond acceptors (Lipinski definition) is 5. The molecule has 0 aromatic heterocycles. The first-order valence-corrected chi connectivity index (χ1v) is 10.2. The lowest BCUT2D eigenvalue weighted by Gasteiger charge is -2.38. The van der Waals surface area contributed by atoms with Crippen LogP contribution in [0, 0.1) is 0 Å². The van der Waals surface area contributed by atoms with Gasteiger partial charge in [-0.2, -0.15) is 0 Å². The summed E-state index contributed by atoms with van der Waals surface area (Å²) in [6.07, 6.45) is 0.906. The Morgan fingerprint density at radius 1 is 1.03 bits per heavy atom. The Kier molecular flexibility index (Phi) is 7.41. The first kappa shape index (κ1) is 21.8. The van der Waals surface area contributed by atoms with E-state index < -0.39 is 0 Å². The van der Waals surface area contributed by atoms with E-state index in [9.17, 15) is 4.79 Å². The molecule has 162 valence electrons. The van der Waals surface area contributed by atoms with E-state index >= 15 is 0 Å². The van der Waals surface area contributed by atoms with Gasteiger partial charge in [-0.15, -0.1) is 0 Å². The monoisotopic (exact) mass is 413 g/mol. The van der Waals surface area contributed by atoms with Gasteiger partial charge in [-0.25, -0.2) is 4.79 Å². The lowest BCUT2D eigenvalue weighted by atomic mass is 9.91. The second-order valence-corrected chi connectivity index (χ2v) is 7.23. The van der Waals surface area contributed by atoms with Crippen molar-refractivity contribution in [2.45, 2.75) is 25.9 Å². The Labute approximate surface area is 178 Å². The molecule has 2 aromatic carbocycles. The first-order valence-electron chi connectivity index (χ1n) is 10.2. The number of carbonyl (C=O) groups is 1. The maximum Gasteiger partial charge on any atom is 0.314 e. The quantitative estimate of drug-likeness (QED) is 0.696. The lowest BCUT2D eigenvalue weighted by molar-refractivity contribution is 0.170. The number of hydrogen-bond donors (Lipinski definition) is 2. The predicted octanol–water partition coefficient (Wildman–Crippen LogP) is 3.13. The molecule has 2 amide bonds. The maximum atomic E-state index is 12.1. The third-order valence-electron chi connectivity index (χ3n) is 5.45. The fourth-order valence-electron chi connectivity index (χ4n) is 3.89. The zero-order chi connectivity index (χ0) is 21.5. The molecule has 0 bridgehead atoms. The van der Waals surface area contributed by atoms with Crippen LogP contribution >= 0.6 is 0 Å². The highest BCUT2D eigenvalue weighted by Gasteiger charge is 2.29. The van der Waals surface area contributed by atoms with Gasteiger partial charge >= 0.3 is 6.03 Å². The van der Waals surface area contributed by atoms with Crippen molar-refractivity contribution in [3.8, 4) is 17.2 Å². The second-order valence-electron chi connectivity index (χ2n) is 7.23. The average Bonchev–Trinajstić information content (AvgIpc) is 2.78. The molecule has 1 aliphatic rings. The SMILES string of the molecule is CCNC(=O)NC[C@H]1c2cc(OC)c(OC)cc2CCN1Cc1ccc(OC)cc1. The topological polar surface area (TPSA) is 72.1 Å². The van der Waals surface area contributed by atoms with Gasteiger partial charge in [-0.1, -0.05) is 12.1 Å². The number of urea groups is 1.